The molecule has 24 heavy (non-hydrogen) atoms. The second kappa shape index (κ2) is 11.3. The average Bonchev–Trinajstić information content (AvgIpc) is 2.59. The van der Waals surface area contributed by atoms with E-state index in [1.807, 2.05) is 24.3 Å². The minimum Gasteiger partial charge on any atom is -0.370 e. The number of hydrogen-bond acceptors (Lipinski definition) is 2. The second-order valence-corrected chi connectivity index (χ2v) is 6.15. The molecule has 0 heterocycles. The Morgan fingerprint density at radius 3 is 2.75 bits per heavy atom. The van der Waals surface area contributed by atoms with Crippen LogP contribution in [-0.4, -0.2) is 18.4 Å². The Morgan fingerprint density at radius 2 is 2.04 bits per heavy atom. The minimum absolute atomic E-state index is 0. The van der Waals surface area contributed by atoms with E-state index < -0.39 is 0 Å². The highest BCUT2D eigenvalue weighted by molar-refractivity contribution is 14.0. The minimum atomic E-state index is 0. The highest BCUT2D eigenvalue weighted by atomic mass is 127. The maximum Gasteiger partial charge on any atom is 0.227 e. The number of guanidine groups is 1. The largest absolute Gasteiger partial charge is 0.370 e. The molecule has 6 heteroatoms. The number of aliphatic imine (C=N–C) groups is 1. The van der Waals surface area contributed by atoms with Crippen LogP contribution in [0.25, 0.3) is 0 Å². The van der Waals surface area contributed by atoms with Crippen LogP contribution in [0.5, 0.6) is 0 Å². The Morgan fingerprint density at radius 1 is 1.29 bits per heavy atom. The van der Waals surface area contributed by atoms with Crippen LogP contribution in [0.4, 0.5) is 5.69 Å². The van der Waals surface area contributed by atoms with Gasteiger partial charge >= 0.3 is 0 Å². The molecule has 0 radical (unpaired) electrons. The van der Waals surface area contributed by atoms with Crippen molar-refractivity contribution in [3.63, 3.8) is 0 Å². The zero-order valence-corrected chi connectivity index (χ0v) is 16.7. The lowest BCUT2D eigenvalue weighted by molar-refractivity contribution is -0.120. The predicted molar refractivity (Wildman–Crippen MR) is 111 cm³/mol. The van der Waals surface area contributed by atoms with E-state index in [1.54, 1.807) is 0 Å². The highest BCUT2D eigenvalue weighted by Gasteiger charge is 2.20. The van der Waals surface area contributed by atoms with E-state index >= 15 is 0 Å². The first-order valence-electron chi connectivity index (χ1n) is 8.62. The summed E-state index contributed by atoms with van der Waals surface area (Å²) in [6.45, 7) is 3.42. The van der Waals surface area contributed by atoms with Crippen molar-refractivity contribution in [2.45, 2.75) is 52.0 Å². The number of nitrogens with one attached hydrogen (secondary N) is 2. The van der Waals surface area contributed by atoms with Crippen LogP contribution >= 0.6 is 24.0 Å². The third kappa shape index (κ3) is 7.07. The molecule has 5 nitrogen and oxygen atoms in total. The molecule has 0 aliphatic heterocycles. The lowest BCUT2D eigenvalue weighted by Gasteiger charge is -2.20. The molecule has 1 aliphatic rings. The topological polar surface area (TPSA) is 79.5 Å². The van der Waals surface area contributed by atoms with E-state index in [2.05, 4.69) is 22.5 Å². The Bertz CT molecular complexity index is 542. The molecule has 1 aromatic rings. The Labute approximate surface area is 161 Å². The lowest BCUT2D eigenvalue weighted by Crippen LogP contribution is -2.32. The highest BCUT2D eigenvalue weighted by Crippen LogP contribution is 2.25. The number of halogens is 1. The summed E-state index contributed by atoms with van der Waals surface area (Å²) in [5.74, 6) is 0.775. The normalized spacial score (nSPS) is 15.5. The average molecular weight is 444 g/mol. The second-order valence-electron chi connectivity index (χ2n) is 6.15. The SMILES string of the molecule is CCCNC(N)=NCc1cccc(NC(=O)C2CCCCC2)c1.I. The molecule has 0 aromatic heterocycles. The number of hydrogen-bond donors (Lipinski definition) is 3. The fraction of sp³-hybridized carbons (Fsp3) is 0.556. The molecular formula is C18H29IN4O. The first-order valence-corrected chi connectivity index (χ1v) is 8.62. The summed E-state index contributed by atoms with van der Waals surface area (Å²) in [5.41, 5.74) is 7.67. The molecule has 0 bridgehead atoms. The molecule has 2 rings (SSSR count). The van der Waals surface area contributed by atoms with Crippen molar-refractivity contribution in [3.05, 3.63) is 29.8 Å². The number of rotatable bonds is 6. The summed E-state index contributed by atoms with van der Waals surface area (Å²) in [6.07, 6.45) is 6.61. The number of carbonyl (C=O) groups excluding carboxylic acids is 1. The maximum absolute atomic E-state index is 12.3. The van der Waals surface area contributed by atoms with Crippen molar-refractivity contribution in [2.24, 2.45) is 16.6 Å². The zero-order chi connectivity index (χ0) is 16.5. The first-order chi connectivity index (χ1) is 11.2. The molecule has 0 unspecified atom stereocenters. The van der Waals surface area contributed by atoms with Gasteiger partial charge in [0, 0.05) is 18.2 Å². The van der Waals surface area contributed by atoms with Crippen LogP contribution in [-0.2, 0) is 11.3 Å². The molecule has 134 valence electrons. The van der Waals surface area contributed by atoms with Crippen molar-refractivity contribution in [1.29, 1.82) is 0 Å². The van der Waals surface area contributed by atoms with E-state index in [4.69, 9.17) is 5.73 Å². The molecule has 1 fully saturated rings. The zero-order valence-electron chi connectivity index (χ0n) is 14.4. The number of nitrogens with zero attached hydrogens (tertiary/aromatic N) is 1. The van der Waals surface area contributed by atoms with Crippen molar-refractivity contribution in [2.75, 3.05) is 11.9 Å². The van der Waals surface area contributed by atoms with Crippen LogP contribution in [0.2, 0.25) is 0 Å². The summed E-state index contributed by atoms with van der Waals surface area (Å²) < 4.78 is 0. The van der Waals surface area contributed by atoms with Gasteiger partial charge in [-0.3, -0.25) is 4.79 Å². The monoisotopic (exact) mass is 444 g/mol. The molecule has 0 spiro atoms. The maximum atomic E-state index is 12.3. The number of carbonyl (C=O) groups is 1. The van der Waals surface area contributed by atoms with Crippen molar-refractivity contribution in [3.8, 4) is 0 Å². The summed E-state index contributed by atoms with van der Waals surface area (Å²) in [6, 6.07) is 7.83. The quantitative estimate of drug-likeness (QED) is 0.356. The van der Waals surface area contributed by atoms with Gasteiger partial charge in [0.2, 0.25) is 5.91 Å². The van der Waals surface area contributed by atoms with Crippen molar-refractivity contribution < 1.29 is 4.79 Å². The number of anilines is 1. The van der Waals surface area contributed by atoms with Crippen LogP contribution in [0.15, 0.2) is 29.3 Å². The summed E-state index contributed by atoms with van der Waals surface area (Å²) in [7, 11) is 0. The Hall–Kier alpha value is -1.31. The molecule has 1 aliphatic carbocycles. The van der Waals surface area contributed by atoms with Crippen LogP contribution in [0.1, 0.15) is 51.0 Å². The predicted octanol–water partition coefficient (Wildman–Crippen LogP) is 3.64. The fourth-order valence-electron chi connectivity index (χ4n) is 2.84. The van der Waals surface area contributed by atoms with Crippen LogP contribution in [0, 0.1) is 5.92 Å². The van der Waals surface area contributed by atoms with E-state index in [1.165, 1.54) is 6.42 Å². The molecule has 1 saturated carbocycles. The molecule has 0 atom stereocenters. The first kappa shape index (κ1) is 20.7. The van der Waals surface area contributed by atoms with Gasteiger partial charge in [-0.1, -0.05) is 38.3 Å². The Kier molecular flexibility index (Phi) is 9.75. The molecular weight excluding hydrogens is 415 g/mol. The summed E-state index contributed by atoms with van der Waals surface area (Å²) in [5, 5.41) is 6.09. The van der Waals surface area contributed by atoms with Gasteiger partial charge in [0.25, 0.3) is 0 Å². The molecule has 0 saturated heterocycles. The fourth-order valence-corrected chi connectivity index (χ4v) is 2.84. The van der Waals surface area contributed by atoms with Gasteiger partial charge in [0.05, 0.1) is 6.54 Å². The molecule has 1 aromatic carbocycles. The van der Waals surface area contributed by atoms with Gasteiger partial charge in [0.15, 0.2) is 5.96 Å². The van der Waals surface area contributed by atoms with Gasteiger partial charge in [-0.05, 0) is 37.0 Å². The third-order valence-electron chi connectivity index (χ3n) is 4.16. The van der Waals surface area contributed by atoms with Gasteiger partial charge < -0.3 is 16.4 Å². The lowest BCUT2D eigenvalue weighted by atomic mass is 9.88. The smallest absolute Gasteiger partial charge is 0.227 e. The van der Waals surface area contributed by atoms with Gasteiger partial charge in [-0.2, -0.15) is 0 Å². The molecule has 1 amide bonds. The van der Waals surface area contributed by atoms with Crippen LogP contribution < -0.4 is 16.4 Å². The van der Waals surface area contributed by atoms with Crippen molar-refractivity contribution >= 4 is 41.5 Å². The summed E-state index contributed by atoms with van der Waals surface area (Å²) in [4.78, 5) is 16.6. The van der Waals surface area contributed by atoms with E-state index in [0.717, 1.165) is 49.9 Å². The van der Waals surface area contributed by atoms with E-state index in [-0.39, 0.29) is 35.8 Å². The number of nitrogens with two attached hydrogens (primary N) is 1. The van der Waals surface area contributed by atoms with Crippen molar-refractivity contribution in [1.82, 2.24) is 5.32 Å². The third-order valence-corrected chi connectivity index (χ3v) is 4.16. The number of benzene rings is 1. The van der Waals surface area contributed by atoms with Crippen LogP contribution in [0.3, 0.4) is 0 Å². The van der Waals surface area contributed by atoms with E-state index in [9.17, 15) is 4.79 Å². The number of amides is 1. The van der Waals surface area contributed by atoms with Gasteiger partial charge in [-0.25, -0.2) is 4.99 Å². The van der Waals surface area contributed by atoms with Gasteiger partial charge in [0.1, 0.15) is 0 Å². The molecule has 4 N–H and O–H groups in total. The standard InChI is InChI=1S/C18H28N4O.HI/c1-2-11-20-18(19)21-13-14-7-6-10-16(12-14)22-17(23)15-8-4-3-5-9-15;/h6-7,10,12,15H,2-5,8-9,11,13H2,1H3,(H,22,23)(H3,19,20,21);1H. The Balaban J connectivity index is 0.00000288. The van der Waals surface area contributed by atoms with Gasteiger partial charge in [-0.15, -0.1) is 24.0 Å². The van der Waals surface area contributed by atoms with E-state index in [0.29, 0.717) is 12.5 Å². The summed E-state index contributed by atoms with van der Waals surface area (Å²) >= 11 is 0.